The second-order valence-corrected chi connectivity index (χ2v) is 3.14. The van der Waals surface area contributed by atoms with Crippen molar-refractivity contribution in [3.63, 3.8) is 0 Å². The minimum Gasteiger partial charge on any atom is -0.207 e. The second kappa shape index (κ2) is 2.85. The van der Waals surface area contributed by atoms with E-state index in [0.717, 1.165) is 19.3 Å². The molecule has 0 saturated heterocycles. The maximum atomic E-state index is 12.8. The van der Waals surface area contributed by atoms with E-state index in [1.165, 1.54) is 0 Å². The Morgan fingerprint density at radius 3 is 2.40 bits per heavy atom. The molecule has 0 aromatic heterocycles. The lowest BCUT2D eigenvalue weighted by molar-refractivity contribution is -0.0322. The molecule has 0 unspecified atom stereocenters. The van der Waals surface area contributed by atoms with E-state index in [4.69, 9.17) is 0 Å². The van der Waals surface area contributed by atoms with Gasteiger partial charge < -0.3 is 0 Å². The first-order valence-electron chi connectivity index (χ1n) is 4.04. The number of hydrogen-bond donors (Lipinski definition) is 0. The zero-order valence-corrected chi connectivity index (χ0v) is 6.37. The number of hydrogen-bond acceptors (Lipinski definition) is 0. The Morgan fingerprint density at radius 2 is 2.00 bits per heavy atom. The maximum Gasteiger partial charge on any atom is 0.250 e. The highest BCUT2D eigenvalue weighted by atomic mass is 19.3. The van der Waals surface area contributed by atoms with Crippen LogP contribution in [0.3, 0.4) is 0 Å². The van der Waals surface area contributed by atoms with Gasteiger partial charge in [-0.25, -0.2) is 8.78 Å². The molecule has 0 aliphatic heterocycles. The predicted octanol–water partition coefficient (Wildman–Crippen LogP) is 3.22. The summed E-state index contributed by atoms with van der Waals surface area (Å²) in [7, 11) is 0. The van der Waals surface area contributed by atoms with Crippen LogP contribution < -0.4 is 0 Å². The van der Waals surface area contributed by atoms with Gasteiger partial charge in [-0.2, -0.15) is 0 Å². The van der Waals surface area contributed by atoms with E-state index >= 15 is 0 Å². The lowest BCUT2D eigenvalue weighted by Gasteiger charge is -2.13. The smallest absolute Gasteiger partial charge is 0.207 e. The highest BCUT2D eigenvalue weighted by molar-refractivity contribution is 4.86. The van der Waals surface area contributed by atoms with E-state index in [2.05, 4.69) is 0 Å². The molecule has 0 heterocycles. The van der Waals surface area contributed by atoms with Crippen LogP contribution in [0.2, 0.25) is 0 Å². The quantitative estimate of drug-likeness (QED) is 0.574. The molecule has 0 atom stereocenters. The van der Waals surface area contributed by atoms with Crippen molar-refractivity contribution in [2.75, 3.05) is 0 Å². The molecule has 1 aliphatic rings. The summed E-state index contributed by atoms with van der Waals surface area (Å²) in [4.78, 5) is 0. The molecule has 0 radical (unpaired) electrons. The Kier molecular flexibility index (Phi) is 2.27. The Bertz CT molecular complexity index is 106. The first-order valence-corrected chi connectivity index (χ1v) is 4.04. The van der Waals surface area contributed by atoms with Crippen molar-refractivity contribution >= 4 is 0 Å². The maximum absolute atomic E-state index is 12.8. The Hall–Kier alpha value is -0.140. The summed E-state index contributed by atoms with van der Waals surface area (Å²) in [6.07, 6.45) is 3.15. The van der Waals surface area contributed by atoms with Crippen LogP contribution in [0, 0.1) is 5.92 Å². The molecule has 1 saturated carbocycles. The van der Waals surface area contributed by atoms with Gasteiger partial charge in [-0.05, 0) is 19.3 Å². The molecule has 0 spiro atoms. The minimum atomic E-state index is -2.34. The topological polar surface area (TPSA) is 0 Å². The predicted molar refractivity (Wildman–Crippen MR) is 37.2 cm³/mol. The molecule has 1 rings (SSSR count). The van der Waals surface area contributed by atoms with Gasteiger partial charge in [-0.15, -0.1) is 0 Å². The van der Waals surface area contributed by atoms with E-state index in [9.17, 15) is 8.78 Å². The van der Waals surface area contributed by atoms with Gasteiger partial charge in [0.2, 0.25) is 0 Å². The van der Waals surface area contributed by atoms with Crippen LogP contribution in [0.5, 0.6) is 0 Å². The molecule has 2 heteroatoms. The van der Waals surface area contributed by atoms with Crippen LogP contribution in [0.1, 0.15) is 39.0 Å². The molecular weight excluding hydrogens is 134 g/mol. The van der Waals surface area contributed by atoms with Gasteiger partial charge in [0.05, 0.1) is 0 Å². The lowest BCUT2D eigenvalue weighted by atomic mass is 10.1. The molecule has 10 heavy (non-hydrogen) atoms. The van der Waals surface area contributed by atoms with Crippen molar-refractivity contribution in [2.45, 2.75) is 45.0 Å². The fraction of sp³-hybridized carbons (Fsp3) is 1.00. The van der Waals surface area contributed by atoms with Crippen molar-refractivity contribution in [1.29, 1.82) is 0 Å². The lowest BCUT2D eigenvalue weighted by Crippen LogP contribution is -2.18. The molecule has 0 aromatic rings. The summed E-state index contributed by atoms with van der Waals surface area (Å²) in [5, 5.41) is 0. The largest absolute Gasteiger partial charge is 0.250 e. The number of alkyl halides is 2. The van der Waals surface area contributed by atoms with Crippen molar-refractivity contribution < 1.29 is 8.78 Å². The van der Waals surface area contributed by atoms with Crippen molar-refractivity contribution in [3.05, 3.63) is 0 Å². The van der Waals surface area contributed by atoms with Crippen LogP contribution in [0.15, 0.2) is 0 Å². The van der Waals surface area contributed by atoms with Gasteiger partial charge in [-0.3, -0.25) is 0 Å². The summed E-state index contributed by atoms with van der Waals surface area (Å²) in [6.45, 7) is 1.95. The molecular formula is C8H14F2. The minimum absolute atomic E-state index is 0.105. The van der Waals surface area contributed by atoms with Crippen LogP contribution in [-0.2, 0) is 0 Å². The summed E-state index contributed by atoms with van der Waals surface area (Å²) in [6, 6.07) is 0. The van der Waals surface area contributed by atoms with Crippen LogP contribution in [-0.4, -0.2) is 5.92 Å². The molecule has 60 valence electrons. The summed E-state index contributed by atoms with van der Waals surface area (Å²) in [5.74, 6) is -2.60. The van der Waals surface area contributed by atoms with E-state index in [-0.39, 0.29) is 12.3 Å². The monoisotopic (exact) mass is 148 g/mol. The van der Waals surface area contributed by atoms with Crippen molar-refractivity contribution in [3.8, 4) is 0 Å². The number of halogens is 2. The van der Waals surface area contributed by atoms with Gasteiger partial charge in [0.25, 0.3) is 5.92 Å². The van der Waals surface area contributed by atoms with Crippen LogP contribution >= 0.6 is 0 Å². The molecule has 1 aliphatic carbocycles. The van der Waals surface area contributed by atoms with E-state index in [1.54, 1.807) is 0 Å². The van der Waals surface area contributed by atoms with Crippen LogP contribution in [0.25, 0.3) is 0 Å². The van der Waals surface area contributed by atoms with Crippen molar-refractivity contribution in [2.24, 2.45) is 5.92 Å². The van der Waals surface area contributed by atoms with Gasteiger partial charge in [0.15, 0.2) is 0 Å². The average Bonchev–Trinajstić information content (AvgIpc) is 2.64. The number of rotatable bonds is 4. The fourth-order valence-electron chi connectivity index (χ4n) is 1.12. The summed E-state index contributed by atoms with van der Waals surface area (Å²) >= 11 is 0. The second-order valence-electron chi connectivity index (χ2n) is 3.14. The summed E-state index contributed by atoms with van der Waals surface area (Å²) < 4.78 is 25.6. The van der Waals surface area contributed by atoms with E-state index < -0.39 is 5.92 Å². The van der Waals surface area contributed by atoms with E-state index in [0.29, 0.717) is 6.42 Å². The zero-order chi connectivity index (χ0) is 7.61. The fourth-order valence-corrected chi connectivity index (χ4v) is 1.12. The molecule has 0 nitrogen and oxygen atoms in total. The van der Waals surface area contributed by atoms with Gasteiger partial charge in [-0.1, -0.05) is 13.3 Å². The molecule has 0 amide bonds. The van der Waals surface area contributed by atoms with E-state index in [1.807, 2.05) is 6.92 Å². The standard InChI is InChI=1S/C8H14F2/c1-2-3-6-8(9,10)7-4-5-7/h7H,2-6H2,1H3. The SMILES string of the molecule is CCCCC(F)(F)C1CC1. The normalized spacial score (nSPS) is 19.5. The Labute approximate surface area is 60.6 Å². The summed E-state index contributed by atoms with van der Waals surface area (Å²) in [5.41, 5.74) is 0. The Morgan fingerprint density at radius 1 is 1.40 bits per heavy atom. The zero-order valence-electron chi connectivity index (χ0n) is 6.37. The first-order chi connectivity index (χ1) is 4.67. The molecule has 0 bridgehead atoms. The molecule has 0 aromatic carbocycles. The molecule has 0 N–H and O–H groups in total. The first kappa shape index (κ1) is 7.96. The van der Waals surface area contributed by atoms with Gasteiger partial charge in [0.1, 0.15) is 0 Å². The van der Waals surface area contributed by atoms with Gasteiger partial charge >= 0.3 is 0 Å². The third-order valence-corrected chi connectivity index (χ3v) is 2.04. The van der Waals surface area contributed by atoms with Crippen molar-refractivity contribution in [1.82, 2.24) is 0 Å². The third-order valence-electron chi connectivity index (χ3n) is 2.04. The average molecular weight is 148 g/mol. The highest BCUT2D eigenvalue weighted by Crippen LogP contribution is 2.45. The molecule has 1 fully saturated rings. The van der Waals surface area contributed by atoms with Crippen LogP contribution in [0.4, 0.5) is 8.78 Å². The third kappa shape index (κ3) is 1.93. The highest BCUT2D eigenvalue weighted by Gasteiger charge is 2.45. The number of unbranched alkanes of at least 4 members (excludes halogenated alkanes) is 1. The Balaban J connectivity index is 2.20. The van der Waals surface area contributed by atoms with Gasteiger partial charge in [0, 0.05) is 12.3 Å².